The molecule has 2 aliphatic heterocycles. The van der Waals surface area contributed by atoms with Crippen molar-refractivity contribution in [3.63, 3.8) is 0 Å². The highest BCUT2D eigenvalue weighted by molar-refractivity contribution is 8.00. The summed E-state index contributed by atoms with van der Waals surface area (Å²) in [5.74, 6) is 2.19. The van der Waals surface area contributed by atoms with Crippen LogP contribution in [0.1, 0.15) is 31.3 Å². The number of ether oxygens (including phenoxy) is 2. The van der Waals surface area contributed by atoms with E-state index in [1.807, 2.05) is 65.9 Å². The molecule has 7 nitrogen and oxygen atoms in total. The zero-order chi connectivity index (χ0) is 21.5. The van der Waals surface area contributed by atoms with Gasteiger partial charge in [-0.05, 0) is 44.0 Å². The molecular formula is C23H24N4O3S. The molecule has 0 saturated heterocycles. The average Bonchev–Trinajstić information content (AvgIpc) is 3.31. The van der Waals surface area contributed by atoms with Gasteiger partial charge in [0.15, 0.2) is 28.6 Å². The molecule has 2 aromatic carbocycles. The van der Waals surface area contributed by atoms with E-state index in [1.54, 1.807) is 0 Å². The summed E-state index contributed by atoms with van der Waals surface area (Å²) in [7, 11) is 1.90. The molecule has 0 N–H and O–H groups in total. The molecule has 1 amide bonds. The summed E-state index contributed by atoms with van der Waals surface area (Å²) in [6.07, 6.45) is 0.534. The monoisotopic (exact) mass is 436 g/mol. The maximum absolute atomic E-state index is 13.3. The molecule has 1 aromatic heterocycles. The van der Waals surface area contributed by atoms with Gasteiger partial charge in [0, 0.05) is 18.8 Å². The lowest BCUT2D eigenvalue weighted by molar-refractivity contribution is -0.118. The van der Waals surface area contributed by atoms with Gasteiger partial charge in [0.25, 0.3) is 0 Å². The fraction of sp³-hybridized carbons (Fsp3) is 0.348. The third-order valence-corrected chi connectivity index (χ3v) is 6.86. The van der Waals surface area contributed by atoms with Gasteiger partial charge in [0.2, 0.25) is 5.91 Å². The normalized spacial score (nSPS) is 20.4. The quantitative estimate of drug-likeness (QED) is 0.580. The Labute approximate surface area is 185 Å². The minimum Gasteiger partial charge on any atom is -0.485 e. The van der Waals surface area contributed by atoms with Gasteiger partial charge < -0.3 is 18.9 Å². The van der Waals surface area contributed by atoms with Gasteiger partial charge in [-0.2, -0.15) is 0 Å². The number of anilines is 1. The number of carbonyl (C=O) groups excluding carboxylic acids is 1. The summed E-state index contributed by atoms with van der Waals surface area (Å²) in [6.45, 7) is 4.38. The number of amides is 1. The maximum atomic E-state index is 13.3. The third-order valence-electron chi connectivity index (χ3n) is 5.74. The number of nitrogens with zero attached hydrogens (tertiary/aromatic N) is 4. The number of hydrogen-bond acceptors (Lipinski definition) is 6. The lowest BCUT2D eigenvalue weighted by atomic mass is 10.1. The minimum atomic E-state index is -0.349. The van der Waals surface area contributed by atoms with Crippen molar-refractivity contribution in [1.29, 1.82) is 0 Å². The van der Waals surface area contributed by atoms with Gasteiger partial charge in [-0.3, -0.25) is 4.79 Å². The smallest absolute Gasteiger partial charge is 0.240 e. The van der Waals surface area contributed by atoms with Crippen molar-refractivity contribution in [2.24, 2.45) is 7.05 Å². The van der Waals surface area contributed by atoms with Gasteiger partial charge in [-0.25, -0.2) is 0 Å². The largest absolute Gasteiger partial charge is 0.485 e. The van der Waals surface area contributed by atoms with E-state index in [-0.39, 0.29) is 23.3 Å². The van der Waals surface area contributed by atoms with Crippen LogP contribution < -0.4 is 14.4 Å². The van der Waals surface area contributed by atoms with Crippen LogP contribution in [-0.2, 0) is 18.3 Å². The van der Waals surface area contributed by atoms with Crippen LogP contribution in [0.5, 0.6) is 11.5 Å². The predicted octanol–water partition coefficient (Wildman–Crippen LogP) is 3.79. The molecule has 0 unspecified atom stereocenters. The van der Waals surface area contributed by atoms with Crippen LogP contribution in [0.3, 0.4) is 0 Å². The van der Waals surface area contributed by atoms with Crippen molar-refractivity contribution in [2.75, 3.05) is 11.5 Å². The molecule has 31 heavy (non-hydrogen) atoms. The van der Waals surface area contributed by atoms with Crippen molar-refractivity contribution >= 4 is 23.4 Å². The Morgan fingerprint density at radius 1 is 1.13 bits per heavy atom. The predicted molar refractivity (Wildman–Crippen MR) is 119 cm³/mol. The molecule has 2 aliphatic rings. The summed E-state index contributed by atoms with van der Waals surface area (Å²) in [4.78, 5) is 15.2. The molecule has 0 spiro atoms. The van der Waals surface area contributed by atoms with Crippen LogP contribution in [0.25, 0.3) is 0 Å². The van der Waals surface area contributed by atoms with Gasteiger partial charge in [-0.1, -0.05) is 42.1 Å². The van der Waals surface area contributed by atoms with E-state index >= 15 is 0 Å². The number of benzene rings is 2. The van der Waals surface area contributed by atoms with E-state index in [2.05, 4.69) is 23.2 Å². The number of thioether (sulfide) groups is 1. The van der Waals surface area contributed by atoms with Crippen molar-refractivity contribution in [3.8, 4) is 11.5 Å². The van der Waals surface area contributed by atoms with Crippen LogP contribution in [0.2, 0.25) is 0 Å². The lowest BCUT2D eigenvalue weighted by Crippen LogP contribution is -2.40. The van der Waals surface area contributed by atoms with E-state index in [4.69, 9.17) is 9.47 Å². The number of hydrogen-bond donors (Lipinski definition) is 0. The van der Waals surface area contributed by atoms with Crippen LogP contribution in [-0.4, -0.2) is 38.6 Å². The zero-order valence-electron chi connectivity index (χ0n) is 17.7. The molecule has 0 saturated carbocycles. The Kier molecular flexibility index (Phi) is 5.09. The molecular weight excluding hydrogens is 412 g/mol. The number of fused-ring (bicyclic) bond motifs is 2. The maximum Gasteiger partial charge on any atom is 0.240 e. The molecule has 0 bridgehead atoms. The van der Waals surface area contributed by atoms with E-state index in [0.717, 1.165) is 17.9 Å². The van der Waals surface area contributed by atoms with Crippen LogP contribution >= 0.6 is 11.8 Å². The first kappa shape index (κ1) is 19.9. The molecule has 3 heterocycles. The van der Waals surface area contributed by atoms with Crippen LogP contribution in [0.15, 0.2) is 53.7 Å². The second-order valence-corrected chi connectivity index (χ2v) is 9.22. The van der Waals surface area contributed by atoms with Gasteiger partial charge in [0.1, 0.15) is 6.61 Å². The zero-order valence-corrected chi connectivity index (χ0v) is 18.5. The third kappa shape index (κ3) is 3.54. The van der Waals surface area contributed by atoms with Gasteiger partial charge in [-0.15, -0.1) is 10.2 Å². The Morgan fingerprint density at radius 3 is 2.71 bits per heavy atom. The van der Waals surface area contributed by atoms with Crippen molar-refractivity contribution in [2.45, 2.75) is 42.8 Å². The molecule has 0 radical (unpaired) electrons. The van der Waals surface area contributed by atoms with Crippen LogP contribution in [0.4, 0.5) is 5.69 Å². The van der Waals surface area contributed by atoms with E-state index in [0.29, 0.717) is 23.3 Å². The molecule has 0 aliphatic carbocycles. The second-order valence-electron chi connectivity index (χ2n) is 7.91. The fourth-order valence-corrected chi connectivity index (χ4v) is 5.03. The molecule has 5 rings (SSSR count). The van der Waals surface area contributed by atoms with Crippen LogP contribution in [0, 0.1) is 0 Å². The first-order chi connectivity index (χ1) is 15.0. The Bertz CT molecular complexity index is 1130. The molecule has 3 aromatic rings. The average molecular weight is 437 g/mol. The Hall–Kier alpha value is -3.00. The summed E-state index contributed by atoms with van der Waals surface area (Å²) in [6, 6.07) is 15.9. The standard InChI is InChI=1S/C23H24N4O3S/c1-14-12-16-8-4-5-9-17(16)27(14)22(28)15(2)31-23-25-24-21(26(23)3)20-13-29-18-10-6-7-11-19(18)30-20/h4-11,14-15,20H,12-13H2,1-3H3/t14-,15+,20+/m0/s1. The van der Waals surface area contributed by atoms with Gasteiger partial charge in [0.05, 0.1) is 5.25 Å². The number of aromatic nitrogens is 3. The van der Waals surface area contributed by atoms with Crippen molar-refractivity contribution < 1.29 is 14.3 Å². The second kappa shape index (κ2) is 7.92. The highest BCUT2D eigenvalue weighted by atomic mass is 32.2. The summed E-state index contributed by atoms with van der Waals surface area (Å²) in [5.41, 5.74) is 2.23. The lowest BCUT2D eigenvalue weighted by Gasteiger charge is -2.26. The van der Waals surface area contributed by atoms with E-state index < -0.39 is 0 Å². The molecule has 0 fully saturated rings. The Morgan fingerprint density at radius 2 is 1.87 bits per heavy atom. The number of para-hydroxylation sites is 3. The summed E-state index contributed by atoms with van der Waals surface area (Å²) >= 11 is 1.41. The van der Waals surface area contributed by atoms with E-state index in [1.165, 1.54) is 17.3 Å². The van der Waals surface area contributed by atoms with Gasteiger partial charge >= 0.3 is 0 Å². The highest BCUT2D eigenvalue weighted by Gasteiger charge is 2.34. The minimum absolute atomic E-state index is 0.0816. The molecule has 3 atom stereocenters. The van der Waals surface area contributed by atoms with E-state index in [9.17, 15) is 4.79 Å². The van der Waals surface area contributed by atoms with Crippen molar-refractivity contribution in [3.05, 3.63) is 59.9 Å². The highest BCUT2D eigenvalue weighted by Crippen LogP contribution is 2.37. The molecule has 160 valence electrons. The summed E-state index contributed by atoms with van der Waals surface area (Å²) < 4.78 is 13.8. The number of rotatable bonds is 4. The number of carbonyl (C=O) groups is 1. The first-order valence-electron chi connectivity index (χ1n) is 10.4. The van der Waals surface area contributed by atoms with Crippen molar-refractivity contribution in [1.82, 2.24) is 14.8 Å². The molecule has 8 heteroatoms. The topological polar surface area (TPSA) is 69.5 Å². The fourth-order valence-electron chi connectivity index (χ4n) is 4.16. The SMILES string of the molecule is C[C@@H](Sc1nnc([C@H]2COc3ccccc3O2)n1C)C(=O)N1c2ccccc2C[C@@H]1C. The summed E-state index contributed by atoms with van der Waals surface area (Å²) in [5, 5.41) is 9.05. The Balaban J connectivity index is 1.31. The first-order valence-corrected chi connectivity index (χ1v) is 11.3.